The van der Waals surface area contributed by atoms with Crippen LogP contribution in [0.4, 0.5) is 0 Å². The van der Waals surface area contributed by atoms with E-state index in [1.165, 1.54) is 19.3 Å². The number of piperidine rings is 1. The number of hydrogen-bond donors (Lipinski definition) is 0. The predicted octanol–water partition coefficient (Wildman–Crippen LogP) is 1.83. The predicted molar refractivity (Wildman–Crippen MR) is 93.7 cm³/mol. The second kappa shape index (κ2) is 6.46. The Hall–Kier alpha value is -1.85. The molecule has 0 bridgehead atoms. The number of carbonyl (C=O) groups is 2. The lowest BCUT2D eigenvalue weighted by atomic mass is 9.77. The maximum atomic E-state index is 13.1. The number of carbonyl (C=O) groups excluding carboxylic acids is 2. The Morgan fingerprint density at radius 3 is 2.80 bits per heavy atom. The Labute approximate surface area is 149 Å². The summed E-state index contributed by atoms with van der Waals surface area (Å²) in [4.78, 5) is 29.7. The minimum absolute atomic E-state index is 0.0730. The molecule has 6 heteroatoms. The second-order valence-corrected chi connectivity index (χ2v) is 8.15. The van der Waals surface area contributed by atoms with E-state index in [9.17, 15) is 9.59 Å². The minimum atomic E-state index is -0.322. The summed E-state index contributed by atoms with van der Waals surface area (Å²) in [6.07, 6.45) is 8.50. The number of nitrogens with zero attached hydrogens (tertiary/aromatic N) is 4. The van der Waals surface area contributed by atoms with Gasteiger partial charge in [0.15, 0.2) is 0 Å². The molecule has 2 amide bonds. The normalized spacial score (nSPS) is 27.2. The Morgan fingerprint density at radius 1 is 1.28 bits per heavy atom. The molecule has 0 radical (unpaired) electrons. The quantitative estimate of drug-likeness (QED) is 0.837. The molecule has 1 aromatic rings. The van der Waals surface area contributed by atoms with Crippen LogP contribution in [-0.4, -0.2) is 57.6 Å². The van der Waals surface area contributed by atoms with E-state index in [2.05, 4.69) is 10.00 Å². The summed E-state index contributed by atoms with van der Waals surface area (Å²) in [7, 11) is 0. The third-order valence-corrected chi connectivity index (χ3v) is 6.31. The Bertz CT molecular complexity index is 666. The molecule has 3 aliphatic rings. The molecule has 25 heavy (non-hydrogen) atoms. The van der Waals surface area contributed by atoms with Gasteiger partial charge in [0.1, 0.15) is 6.54 Å². The molecule has 1 aliphatic carbocycles. The van der Waals surface area contributed by atoms with Crippen LogP contribution in [0.25, 0.3) is 0 Å². The summed E-state index contributed by atoms with van der Waals surface area (Å²) < 4.78 is 1.69. The van der Waals surface area contributed by atoms with Gasteiger partial charge in [-0.3, -0.25) is 14.3 Å². The van der Waals surface area contributed by atoms with Gasteiger partial charge in [-0.05, 0) is 51.0 Å². The number of likely N-dealkylation sites (tertiary alicyclic amines) is 2. The van der Waals surface area contributed by atoms with Crippen molar-refractivity contribution < 1.29 is 9.59 Å². The topological polar surface area (TPSA) is 58.4 Å². The number of aryl methyl sites for hydroxylation is 1. The molecule has 3 fully saturated rings. The molecule has 1 saturated carbocycles. The fourth-order valence-corrected chi connectivity index (χ4v) is 4.57. The third-order valence-electron chi connectivity index (χ3n) is 6.31. The van der Waals surface area contributed by atoms with E-state index in [0.717, 1.165) is 38.0 Å². The highest BCUT2D eigenvalue weighted by atomic mass is 16.2. The summed E-state index contributed by atoms with van der Waals surface area (Å²) in [5.74, 6) is 1.08. The van der Waals surface area contributed by atoms with Crippen LogP contribution in [0, 0.1) is 18.3 Å². The first kappa shape index (κ1) is 16.6. The molecule has 1 aromatic heterocycles. The average Bonchev–Trinajstić information content (AvgIpc) is 3.15. The largest absolute Gasteiger partial charge is 0.342 e. The minimum Gasteiger partial charge on any atom is -0.342 e. The summed E-state index contributed by atoms with van der Waals surface area (Å²) >= 11 is 0. The van der Waals surface area contributed by atoms with E-state index >= 15 is 0 Å². The SMILES string of the molecule is Cc1ccn(CC(=O)N2CC[C@]3(CCCN(CC4CCC4)C3=O)C2)n1. The van der Waals surface area contributed by atoms with Crippen molar-refractivity contribution in [3.63, 3.8) is 0 Å². The standard InChI is InChI=1S/C19H28N4O2/c1-15-6-10-23(20-15)13-17(24)22-11-8-19(14-22)7-3-9-21(18(19)25)12-16-4-2-5-16/h6,10,16H,2-5,7-9,11-14H2,1H3/t19-/m1/s1. The number of amides is 2. The van der Waals surface area contributed by atoms with Crippen molar-refractivity contribution in [2.45, 2.75) is 52.0 Å². The molecule has 3 heterocycles. The first-order valence-corrected chi connectivity index (χ1v) is 9.63. The van der Waals surface area contributed by atoms with E-state index < -0.39 is 0 Å². The van der Waals surface area contributed by atoms with Gasteiger partial charge in [0.05, 0.1) is 11.1 Å². The number of rotatable bonds is 4. The zero-order valence-electron chi connectivity index (χ0n) is 15.1. The number of hydrogen-bond acceptors (Lipinski definition) is 3. The van der Waals surface area contributed by atoms with Gasteiger partial charge in [-0.1, -0.05) is 6.42 Å². The first-order chi connectivity index (χ1) is 12.1. The van der Waals surface area contributed by atoms with Gasteiger partial charge in [-0.25, -0.2) is 0 Å². The summed E-state index contributed by atoms with van der Waals surface area (Å²) in [5.41, 5.74) is 0.595. The fourth-order valence-electron chi connectivity index (χ4n) is 4.57. The Morgan fingerprint density at radius 2 is 2.12 bits per heavy atom. The van der Waals surface area contributed by atoms with Crippen molar-refractivity contribution in [1.29, 1.82) is 0 Å². The third kappa shape index (κ3) is 3.18. The highest BCUT2D eigenvalue weighted by molar-refractivity contribution is 5.86. The molecule has 2 aliphatic heterocycles. The molecule has 1 spiro atoms. The van der Waals surface area contributed by atoms with Gasteiger partial charge < -0.3 is 9.80 Å². The smallest absolute Gasteiger partial charge is 0.244 e. The molecule has 6 nitrogen and oxygen atoms in total. The molecular weight excluding hydrogens is 316 g/mol. The molecular formula is C19H28N4O2. The maximum absolute atomic E-state index is 13.1. The zero-order chi connectivity index (χ0) is 17.4. The van der Waals surface area contributed by atoms with Gasteiger partial charge >= 0.3 is 0 Å². The first-order valence-electron chi connectivity index (χ1n) is 9.63. The van der Waals surface area contributed by atoms with Crippen molar-refractivity contribution in [2.24, 2.45) is 11.3 Å². The lowest BCUT2D eigenvalue weighted by Crippen LogP contribution is -2.52. The molecule has 0 unspecified atom stereocenters. The molecule has 0 N–H and O–H groups in total. The molecule has 136 valence electrons. The average molecular weight is 344 g/mol. The van der Waals surface area contributed by atoms with Gasteiger partial charge in [0.25, 0.3) is 0 Å². The van der Waals surface area contributed by atoms with Crippen LogP contribution in [-0.2, 0) is 16.1 Å². The Kier molecular flexibility index (Phi) is 4.29. The fraction of sp³-hybridized carbons (Fsp3) is 0.737. The maximum Gasteiger partial charge on any atom is 0.244 e. The highest BCUT2D eigenvalue weighted by Crippen LogP contribution is 2.41. The van der Waals surface area contributed by atoms with Crippen molar-refractivity contribution in [3.8, 4) is 0 Å². The van der Waals surface area contributed by atoms with Crippen molar-refractivity contribution in [3.05, 3.63) is 18.0 Å². The summed E-state index contributed by atoms with van der Waals surface area (Å²) in [6, 6.07) is 1.90. The van der Waals surface area contributed by atoms with E-state index in [-0.39, 0.29) is 17.9 Å². The summed E-state index contributed by atoms with van der Waals surface area (Å²) in [6.45, 7) is 5.31. The van der Waals surface area contributed by atoms with Gasteiger partial charge in [0, 0.05) is 32.4 Å². The van der Waals surface area contributed by atoms with Crippen LogP contribution in [0.2, 0.25) is 0 Å². The van der Waals surface area contributed by atoms with E-state index in [4.69, 9.17) is 0 Å². The van der Waals surface area contributed by atoms with Gasteiger partial charge in [0.2, 0.25) is 11.8 Å². The van der Waals surface area contributed by atoms with E-state index in [1.54, 1.807) is 4.68 Å². The highest BCUT2D eigenvalue weighted by Gasteiger charge is 2.49. The van der Waals surface area contributed by atoms with Gasteiger partial charge in [-0.15, -0.1) is 0 Å². The summed E-state index contributed by atoms with van der Waals surface area (Å²) in [5, 5.41) is 4.30. The van der Waals surface area contributed by atoms with Crippen LogP contribution < -0.4 is 0 Å². The van der Waals surface area contributed by atoms with Crippen molar-refractivity contribution >= 4 is 11.8 Å². The Balaban J connectivity index is 1.39. The van der Waals surface area contributed by atoms with Crippen LogP contribution in [0.1, 0.15) is 44.2 Å². The lowest BCUT2D eigenvalue weighted by Gasteiger charge is -2.42. The molecule has 4 rings (SSSR count). The van der Waals surface area contributed by atoms with Crippen LogP contribution in [0.3, 0.4) is 0 Å². The monoisotopic (exact) mass is 344 g/mol. The molecule has 0 aromatic carbocycles. The molecule has 1 atom stereocenters. The van der Waals surface area contributed by atoms with Crippen molar-refractivity contribution in [1.82, 2.24) is 19.6 Å². The van der Waals surface area contributed by atoms with Crippen molar-refractivity contribution in [2.75, 3.05) is 26.2 Å². The van der Waals surface area contributed by atoms with Gasteiger partial charge in [-0.2, -0.15) is 5.10 Å². The van der Waals surface area contributed by atoms with Crippen LogP contribution >= 0.6 is 0 Å². The van der Waals surface area contributed by atoms with Crippen LogP contribution in [0.5, 0.6) is 0 Å². The lowest BCUT2D eigenvalue weighted by molar-refractivity contribution is -0.147. The van der Waals surface area contributed by atoms with E-state index in [1.807, 2.05) is 24.1 Å². The number of aromatic nitrogens is 2. The second-order valence-electron chi connectivity index (χ2n) is 8.15. The zero-order valence-corrected chi connectivity index (χ0v) is 15.1. The van der Waals surface area contributed by atoms with E-state index in [0.29, 0.717) is 24.9 Å². The molecule has 2 saturated heterocycles. The van der Waals surface area contributed by atoms with Crippen LogP contribution in [0.15, 0.2) is 12.3 Å².